The molecule has 0 spiro atoms. The molecule has 0 aromatic rings. The van der Waals surface area contributed by atoms with Crippen molar-refractivity contribution >= 4 is 11.9 Å². The van der Waals surface area contributed by atoms with Gasteiger partial charge in [0.15, 0.2) is 18.5 Å². The number of hydrogen-bond acceptors (Lipinski definition) is 12. The second-order valence-corrected chi connectivity index (χ2v) is 11.2. The molecule has 0 aromatic carbocycles. The van der Waals surface area contributed by atoms with E-state index in [-0.39, 0.29) is 24.4 Å². The summed E-state index contributed by atoms with van der Waals surface area (Å²) in [7, 11) is 1.52. The van der Waals surface area contributed by atoms with Crippen LogP contribution in [-0.2, 0) is 28.5 Å². The van der Waals surface area contributed by atoms with Crippen molar-refractivity contribution < 1.29 is 69.0 Å². The molecule has 0 amide bonds. The van der Waals surface area contributed by atoms with E-state index in [1.165, 1.54) is 7.11 Å². The number of aliphatic hydroxyl groups excluding tert-OH is 6. The van der Waals surface area contributed by atoms with E-state index >= 15 is 0 Å². The number of carbonyl (C=O) groups excluding carboxylic acids is 1. The largest absolute Gasteiger partial charge is 0.481 e. The van der Waals surface area contributed by atoms with Crippen LogP contribution in [0.4, 0.5) is 0 Å². The summed E-state index contributed by atoms with van der Waals surface area (Å²) in [5, 5.41) is 71.5. The minimum absolute atomic E-state index is 0.0791. The van der Waals surface area contributed by atoms with Crippen molar-refractivity contribution in [1.82, 2.24) is 0 Å². The first-order valence-electron chi connectivity index (χ1n) is 13.5. The fourth-order valence-corrected chi connectivity index (χ4v) is 6.43. The number of aliphatic carboxylic acids is 1. The van der Waals surface area contributed by atoms with Gasteiger partial charge in [-0.25, -0.2) is 0 Å². The average Bonchev–Trinajstić information content (AvgIpc) is 2.88. The van der Waals surface area contributed by atoms with Crippen LogP contribution in [0.15, 0.2) is 0 Å². The highest BCUT2D eigenvalue weighted by atomic mass is 16.7. The number of fused-ring (bicyclic) bond motifs is 1. The van der Waals surface area contributed by atoms with E-state index in [2.05, 4.69) is 0 Å². The first kappa shape index (κ1) is 30.5. The van der Waals surface area contributed by atoms with Crippen molar-refractivity contribution in [1.29, 1.82) is 0 Å². The van der Waals surface area contributed by atoms with Crippen molar-refractivity contribution in [2.24, 2.45) is 11.8 Å². The van der Waals surface area contributed by atoms with E-state index < -0.39 is 92.3 Å². The van der Waals surface area contributed by atoms with Crippen LogP contribution in [0, 0.1) is 11.8 Å². The Morgan fingerprint density at radius 2 is 1.64 bits per heavy atom. The molecule has 4 fully saturated rings. The predicted molar refractivity (Wildman–Crippen MR) is 128 cm³/mol. The Hall–Kier alpha value is -1.46. The number of carbonyl (C=O) groups is 2. The van der Waals surface area contributed by atoms with Crippen LogP contribution in [-0.4, -0.2) is 140 Å². The summed E-state index contributed by atoms with van der Waals surface area (Å²) < 4.78 is 27.2. The molecule has 14 heteroatoms. The molecular weight excluding hydrogens is 524 g/mol. The maximum absolute atomic E-state index is 11.7. The van der Waals surface area contributed by atoms with Gasteiger partial charge in [-0.2, -0.15) is 0 Å². The molecule has 4 rings (SSSR count). The summed E-state index contributed by atoms with van der Waals surface area (Å²) in [6, 6.07) is 0. The highest BCUT2D eigenvalue weighted by Crippen LogP contribution is 2.42. The third-order valence-electron chi connectivity index (χ3n) is 8.53. The van der Waals surface area contributed by atoms with Crippen LogP contribution in [0.1, 0.15) is 44.9 Å². The highest BCUT2D eigenvalue weighted by molar-refractivity contribution is 5.90. The van der Waals surface area contributed by atoms with Crippen LogP contribution in [0.3, 0.4) is 0 Å². The van der Waals surface area contributed by atoms with Gasteiger partial charge in [0, 0.05) is 25.9 Å². The number of carboxylic acids is 1. The van der Waals surface area contributed by atoms with Gasteiger partial charge in [0.25, 0.3) is 0 Å². The van der Waals surface area contributed by atoms with Crippen molar-refractivity contribution in [2.45, 2.75) is 118 Å². The molecule has 39 heavy (non-hydrogen) atoms. The molecule has 14 atom stereocenters. The quantitative estimate of drug-likeness (QED) is 0.0896. The third kappa shape index (κ3) is 7.07. The Kier molecular flexibility index (Phi) is 10.2. The Balaban J connectivity index is 1.50. The maximum atomic E-state index is 11.7. The Labute approximate surface area is 225 Å². The lowest BCUT2D eigenvalue weighted by atomic mass is 9.72. The summed E-state index contributed by atoms with van der Waals surface area (Å²) in [5.41, 5.74) is 0. The maximum Gasteiger partial charge on any atom is 0.317 e. The van der Waals surface area contributed by atoms with Crippen LogP contribution in [0.2, 0.25) is 0 Å². The van der Waals surface area contributed by atoms with Crippen molar-refractivity contribution in [2.75, 3.05) is 13.7 Å². The number of carboxylic acid groups (broad SMARTS) is 1. The molecule has 2 saturated heterocycles. The first-order valence-corrected chi connectivity index (χ1v) is 13.5. The van der Waals surface area contributed by atoms with E-state index in [4.69, 9.17) is 28.8 Å². The molecule has 9 unspecified atom stereocenters. The zero-order valence-corrected chi connectivity index (χ0v) is 21.8. The zero-order valence-electron chi connectivity index (χ0n) is 21.8. The van der Waals surface area contributed by atoms with E-state index in [1.54, 1.807) is 0 Å². The van der Waals surface area contributed by atoms with Gasteiger partial charge < -0.3 is 59.4 Å². The van der Waals surface area contributed by atoms with E-state index in [9.17, 15) is 40.2 Å². The van der Waals surface area contributed by atoms with Crippen LogP contribution in [0.5, 0.6) is 0 Å². The van der Waals surface area contributed by atoms with Gasteiger partial charge in [-0.3, -0.25) is 9.59 Å². The van der Waals surface area contributed by atoms with Gasteiger partial charge in [0.1, 0.15) is 43.5 Å². The van der Waals surface area contributed by atoms with Crippen molar-refractivity contribution in [3.63, 3.8) is 0 Å². The van der Waals surface area contributed by atoms with Gasteiger partial charge >= 0.3 is 11.9 Å². The van der Waals surface area contributed by atoms with Gasteiger partial charge in [-0.05, 0) is 25.7 Å². The number of aliphatic hydroxyl groups is 8. The van der Waals surface area contributed by atoms with Crippen LogP contribution >= 0.6 is 0 Å². The molecular formula is C25H41O14+. The Morgan fingerprint density at radius 1 is 0.897 bits per heavy atom. The van der Waals surface area contributed by atoms with Crippen molar-refractivity contribution in [3.05, 3.63) is 0 Å². The average molecular weight is 566 g/mol. The zero-order chi connectivity index (χ0) is 28.4. The lowest BCUT2D eigenvalue weighted by Gasteiger charge is -2.48. The molecule has 0 aromatic heterocycles. The molecule has 2 saturated carbocycles. The monoisotopic (exact) mass is 565 g/mol. The van der Waals surface area contributed by atoms with Gasteiger partial charge in [-0.15, -0.1) is 0 Å². The number of esters is 1. The minimum atomic E-state index is -1.71. The standard InChI is InChI=1S/C25H40O14/c1-35-16-4-10(2-3-13(16)27)24-17(7-12-14(28)5-11(26)6-15(12)37-24)38-25-23(34)22(33)21(32)18(39-25)9-36-20(31)8-19(29)30/h10-18,21-28,32-34H,2-9H2,1H3,(H,29,30)/p+1/t10?,11?,12?,13?,14?,15?,16?,17?,18-,21-,22+,23-,24?,25-/m1/s1. The van der Waals surface area contributed by atoms with Crippen molar-refractivity contribution in [3.8, 4) is 0 Å². The van der Waals surface area contributed by atoms with E-state index in [1.807, 2.05) is 0 Å². The lowest BCUT2D eigenvalue weighted by molar-refractivity contribution is -0.356. The summed E-state index contributed by atoms with van der Waals surface area (Å²) >= 11 is 0. The molecule has 4 aliphatic rings. The second kappa shape index (κ2) is 13.0. The van der Waals surface area contributed by atoms with Gasteiger partial charge in [-0.1, -0.05) is 0 Å². The molecule has 224 valence electrons. The molecule has 2 aliphatic heterocycles. The molecule has 2 heterocycles. The van der Waals surface area contributed by atoms with Crippen LogP contribution < -0.4 is 0 Å². The number of rotatable bonds is 8. The molecule has 0 radical (unpaired) electrons. The summed E-state index contributed by atoms with van der Waals surface area (Å²) in [6.07, 6.45) is -10.1. The molecule has 8 N–H and O–H groups in total. The van der Waals surface area contributed by atoms with Gasteiger partial charge in [0.2, 0.25) is 0 Å². The fraction of sp³-hybridized carbons (Fsp3) is 0.920. The Bertz CT molecular complexity index is 842. The van der Waals surface area contributed by atoms with E-state index in [0.717, 1.165) is 0 Å². The fourth-order valence-electron chi connectivity index (χ4n) is 6.43. The Morgan fingerprint density at radius 3 is 2.33 bits per heavy atom. The first-order chi connectivity index (χ1) is 18.5. The van der Waals surface area contributed by atoms with Gasteiger partial charge in [0.05, 0.1) is 30.3 Å². The summed E-state index contributed by atoms with van der Waals surface area (Å²) in [6.45, 7) is -0.577. The second-order valence-electron chi connectivity index (χ2n) is 11.2. The smallest absolute Gasteiger partial charge is 0.317 e. The molecule has 2 aliphatic carbocycles. The number of hydrogen-bond donors (Lipinski definition) is 7. The minimum Gasteiger partial charge on any atom is -0.481 e. The number of methoxy groups -OCH3 is 1. The normalized spacial score (nSPS) is 46.7. The molecule has 14 nitrogen and oxygen atoms in total. The molecule has 0 bridgehead atoms. The number of ether oxygens (including phenoxy) is 5. The third-order valence-corrected chi connectivity index (χ3v) is 8.53. The predicted octanol–water partition coefficient (Wildman–Crippen LogP) is -2.83. The van der Waals surface area contributed by atoms with E-state index in [0.29, 0.717) is 32.1 Å². The summed E-state index contributed by atoms with van der Waals surface area (Å²) in [5.74, 6) is -2.85. The SMILES string of the molecule is COC1CC(C2[OH+]C3CC(O)CC(O)C3CC2O[C@@H]2O[C@H](COC(=O)CC(=O)O)[C@@H](O)[C@H](O)[C@H]2O)CCC1O. The van der Waals surface area contributed by atoms with Crippen LogP contribution in [0.25, 0.3) is 0 Å². The summed E-state index contributed by atoms with van der Waals surface area (Å²) in [4.78, 5) is 22.4. The topological polar surface area (TPSA) is 225 Å². The lowest BCUT2D eigenvalue weighted by Crippen LogP contribution is -2.63. The highest BCUT2D eigenvalue weighted by Gasteiger charge is 2.55.